The summed E-state index contributed by atoms with van der Waals surface area (Å²) in [5.74, 6) is 0.484. The predicted octanol–water partition coefficient (Wildman–Crippen LogP) is 2.61. The van der Waals surface area contributed by atoms with Crippen molar-refractivity contribution in [3.05, 3.63) is 18.3 Å². The van der Waals surface area contributed by atoms with Gasteiger partial charge >= 0.3 is 5.43 Å². The van der Waals surface area contributed by atoms with Gasteiger partial charge < -0.3 is 9.47 Å². The third-order valence-electron chi connectivity index (χ3n) is 1.27. The maximum atomic E-state index is 10.5. The second-order valence-electron chi connectivity index (χ2n) is 2.81. The minimum Gasteiger partial charge on any atom is -0.472 e. The molecule has 0 atom stereocenters. The topological polar surface area (TPSA) is 48.4 Å². The molecular formula is C9H10ClNO3. The molecule has 0 aliphatic rings. The zero-order valence-electron chi connectivity index (χ0n) is 7.86. The molecule has 1 aromatic heterocycles. The summed E-state index contributed by atoms with van der Waals surface area (Å²) in [6.45, 7) is 3.70. The van der Waals surface area contributed by atoms with E-state index in [1.54, 1.807) is 18.3 Å². The number of hydrogen-bond acceptors (Lipinski definition) is 4. The molecule has 1 heterocycles. The summed E-state index contributed by atoms with van der Waals surface area (Å²) in [6, 6.07) is 3.19. The molecule has 0 saturated carbocycles. The lowest BCUT2D eigenvalue weighted by atomic mass is 10.4. The Morgan fingerprint density at radius 1 is 1.57 bits per heavy atom. The summed E-state index contributed by atoms with van der Waals surface area (Å²) in [5, 5.41) is 0. The molecule has 76 valence electrons. The highest BCUT2D eigenvalue weighted by Gasteiger charge is 2.10. The molecule has 0 aliphatic carbocycles. The third kappa shape index (κ3) is 3.22. The zero-order valence-corrected chi connectivity index (χ0v) is 8.62. The molecule has 0 bridgehead atoms. The monoisotopic (exact) mass is 215 g/mol. The number of halogens is 1. The molecule has 0 aromatic carbocycles. The maximum Gasteiger partial charge on any atom is 0.409 e. The summed E-state index contributed by atoms with van der Waals surface area (Å²) < 4.78 is 9.98. The molecule has 0 saturated heterocycles. The minimum absolute atomic E-state index is 0.0438. The van der Waals surface area contributed by atoms with E-state index in [-0.39, 0.29) is 17.7 Å². The van der Waals surface area contributed by atoms with Crippen molar-refractivity contribution in [2.24, 2.45) is 0 Å². The van der Waals surface area contributed by atoms with E-state index in [1.807, 2.05) is 13.8 Å². The van der Waals surface area contributed by atoms with Crippen molar-refractivity contribution < 1.29 is 14.3 Å². The molecule has 0 unspecified atom stereocenters. The number of carbonyl (C=O) groups excluding carboxylic acids is 1. The van der Waals surface area contributed by atoms with Gasteiger partial charge in [-0.25, -0.2) is 9.78 Å². The average molecular weight is 216 g/mol. The van der Waals surface area contributed by atoms with Gasteiger partial charge in [-0.05, 0) is 26.0 Å². The molecule has 14 heavy (non-hydrogen) atoms. The molecule has 0 spiro atoms. The number of pyridine rings is 1. The number of ether oxygens (including phenoxy) is 2. The van der Waals surface area contributed by atoms with Crippen molar-refractivity contribution in [2.75, 3.05) is 0 Å². The van der Waals surface area contributed by atoms with Crippen molar-refractivity contribution in [1.82, 2.24) is 4.98 Å². The van der Waals surface area contributed by atoms with Crippen LogP contribution in [0.4, 0.5) is 4.79 Å². The normalized spacial score (nSPS) is 10.0. The second kappa shape index (κ2) is 4.81. The Morgan fingerprint density at radius 3 is 2.86 bits per heavy atom. The average Bonchev–Trinajstić information content (AvgIpc) is 2.06. The summed E-state index contributed by atoms with van der Waals surface area (Å²) >= 11 is 5.08. The molecule has 0 aliphatic heterocycles. The Balaban J connectivity index is 2.85. The Morgan fingerprint density at radius 2 is 2.29 bits per heavy atom. The van der Waals surface area contributed by atoms with Gasteiger partial charge in [0.25, 0.3) is 5.88 Å². The van der Waals surface area contributed by atoms with Crippen LogP contribution in [0.2, 0.25) is 0 Å². The first kappa shape index (κ1) is 10.8. The zero-order chi connectivity index (χ0) is 10.6. The van der Waals surface area contributed by atoms with Gasteiger partial charge in [0.2, 0.25) is 0 Å². The van der Waals surface area contributed by atoms with Gasteiger partial charge in [0, 0.05) is 17.8 Å². The molecule has 0 radical (unpaired) electrons. The van der Waals surface area contributed by atoms with Crippen molar-refractivity contribution in [3.8, 4) is 11.6 Å². The first-order valence-corrected chi connectivity index (χ1v) is 4.46. The van der Waals surface area contributed by atoms with Crippen molar-refractivity contribution >= 4 is 17.0 Å². The first-order valence-electron chi connectivity index (χ1n) is 4.08. The van der Waals surface area contributed by atoms with E-state index < -0.39 is 5.43 Å². The lowest BCUT2D eigenvalue weighted by Gasteiger charge is -2.10. The van der Waals surface area contributed by atoms with Gasteiger partial charge in [-0.15, -0.1) is 0 Å². The van der Waals surface area contributed by atoms with Crippen LogP contribution in [-0.4, -0.2) is 16.5 Å². The van der Waals surface area contributed by atoms with E-state index in [4.69, 9.17) is 16.3 Å². The summed E-state index contributed by atoms with van der Waals surface area (Å²) in [6.07, 6.45) is 1.50. The fourth-order valence-electron chi connectivity index (χ4n) is 0.852. The van der Waals surface area contributed by atoms with Gasteiger partial charge in [-0.3, -0.25) is 0 Å². The molecule has 1 aromatic rings. The van der Waals surface area contributed by atoms with E-state index in [2.05, 4.69) is 9.72 Å². The SMILES string of the molecule is CC(C)Oc1ncccc1OC(=O)Cl. The summed E-state index contributed by atoms with van der Waals surface area (Å²) in [5.41, 5.74) is -0.911. The lowest BCUT2D eigenvalue weighted by molar-refractivity contribution is 0.206. The summed E-state index contributed by atoms with van der Waals surface area (Å²) in [7, 11) is 0. The Hall–Kier alpha value is -1.29. The Bertz CT molecular complexity index is 328. The minimum atomic E-state index is -0.911. The van der Waals surface area contributed by atoms with Crippen LogP contribution in [0.1, 0.15) is 13.8 Å². The van der Waals surface area contributed by atoms with Crippen LogP contribution >= 0.6 is 11.6 Å². The second-order valence-corrected chi connectivity index (χ2v) is 3.12. The van der Waals surface area contributed by atoms with Gasteiger partial charge in [0.15, 0.2) is 5.75 Å². The summed E-state index contributed by atoms with van der Waals surface area (Å²) in [4.78, 5) is 14.4. The number of aromatic nitrogens is 1. The Labute approximate surface area is 86.8 Å². The predicted molar refractivity (Wildman–Crippen MR) is 51.9 cm³/mol. The van der Waals surface area contributed by atoms with Crippen LogP contribution in [0.25, 0.3) is 0 Å². The standard InChI is InChI=1S/C9H10ClNO3/c1-6(2)13-8-7(14-9(10)12)4-3-5-11-8/h3-6H,1-2H3. The van der Waals surface area contributed by atoms with Crippen molar-refractivity contribution in [1.29, 1.82) is 0 Å². The van der Waals surface area contributed by atoms with Crippen LogP contribution in [0.15, 0.2) is 18.3 Å². The quantitative estimate of drug-likeness (QED) is 0.728. The molecule has 5 heteroatoms. The molecular weight excluding hydrogens is 206 g/mol. The number of nitrogens with zero attached hydrogens (tertiary/aromatic N) is 1. The van der Waals surface area contributed by atoms with Gasteiger partial charge in [-0.1, -0.05) is 0 Å². The van der Waals surface area contributed by atoms with Crippen LogP contribution in [0.3, 0.4) is 0 Å². The highest BCUT2D eigenvalue weighted by molar-refractivity contribution is 6.61. The van der Waals surface area contributed by atoms with E-state index >= 15 is 0 Å². The van der Waals surface area contributed by atoms with Crippen LogP contribution in [0, 0.1) is 0 Å². The van der Waals surface area contributed by atoms with Gasteiger partial charge in [0.1, 0.15) is 0 Å². The lowest BCUT2D eigenvalue weighted by Crippen LogP contribution is -2.09. The highest BCUT2D eigenvalue weighted by Crippen LogP contribution is 2.24. The van der Waals surface area contributed by atoms with Gasteiger partial charge in [0.05, 0.1) is 6.10 Å². The molecule has 0 fully saturated rings. The van der Waals surface area contributed by atoms with Gasteiger partial charge in [-0.2, -0.15) is 0 Å². The maximum absolute atomic E-state index is 10.5. The van der Waals surface area contributed by atoms with E-state index in [9.17, 15) is 4.79 Å². The smallest absolute Gasteiger partial charge is 0.409 e. The molecule has 4 nitrogen and oxygen atoms in total. The molecule has 0 N–H and O–H groups in total. The van der Waals surface area contributed by atoms with E-state index in [0.29, 0.717) is 0 Å². The Kier molecular flexibility index (Phi) is 3.71. The van der Waals surface area contributed by atoms with E-state index in [0.717, 1.165) is 0 Å². The van der Waals surface area contributed by atoms with E-state index in [1.165, 1.54) is 0 Å². The van der Waals surface area contributed by atoms with Crippen LogP contribution in [0.5, 0.6) is 11.6 Å². The van der Waals surface area contributed by atoms with Crippen molar-refractivity contribution in [2.45, 2.75) is 20.0 Å². The molecule has 0 amide bonds. The highest BCUT2D eigenvalue weighted by atomic mass is 35.5. The van der Waals surface area contributed by atoms with Crippen molar-refractivity contribution in [3.63, 3.8) is 0 Å². The van der Waals surface area contributed by atoms with Crippen LogP contribution < -0.4 is 9.47 Å². The number of hydrogen-bond donors (Lipinski definition) is 0. The molecule has 1 rings (SSSR count). The largest absolute Gasteiger partial charge is 0.472 e. The van der Waals surface area contributed by atoms with Crippen LogP contribution in [-0.2, 0) is 0 Å². The number of rotatable bonds is 3. The fourth-order valence-corrected chi connectivity index (χ4v) is 0.935. The third-order valence-corrected chi connectivity index (χ3v) is 1.35. The first-order chi connectivity index (χ1) is 6.59. The number of carbonyl (C=O) groups is 1. The fraction of sp³-hybridized carbons (Fsp3) is 0.333.